The lowest BCUT2D eigenvalue weighted by atomic mass is 9.99. The molecule has 0 saturated carbocycles. The predicted octanol–water partition coefficient (Wildman–Crippen LogP) is 3.16. The molecule has 0 spiro atoms. The van der Waals surface area contributed by atoms with Crippen LogP contribution in [0.2, 0.25) is 0 Å². The number of ether oxygens (including phenoxy) is 2. The summed E-state index contributed by atoms with van der Waals surface area (Å²) in [6.45, 7) is 5.35. The van der Waals surface area contributed by atoms with Crippen LogP contribution < -0.4 is 14.8 Å². The number of hydrogen-bond acceptors (Lipinski definition) is 4. The van der Waals surface area contributed by atoms with Crippen LogP contribution >= 0.6 is 0 Å². The molecule has 0 radical (unpaired) electrons. The summed E-state index contributed by atoms with van der Waals surface area (Å²) >= 11 is 0. The van der Waals surface area contributed by atoms with Gasteiger partial charge in [-0.2, -0.15) is 0 Å². The Balaban J connectivity index is 2.09. The smallest absolute Gasteiger partial charge is 0.231 e. The zero-order chi connectivity index (χ0) is 14.4. The number of benzene rings is 1. The van der Waals surface area contributed by atoms with Crippen molar-refractivity contribution < 1.29 is 14.3 Å². The molecular formula is C16H23NO3. The highest BCUT2D eigenvalue weighted by Gasteiger charge is 2.22. The molecule has 1 aromatic rings. The van der Waals surface area contributed by atoms with Crippen LogP contribution in [0, 0.1) is 0 Å². The average Bonchev–Trinajstić information content (AvgIpc) is 2.94. The second kappa shape index (κ2) is 7.29. The molecule has 20 heavy (non-hydrogen) atoms. The van der Waals surface area contributed by atoms with Crippen LogP contribution in [0.4, 0.5) is 0 Å². The zero-order valence-corrected chi connectivity index (χ0v) is 12.3. The summed E-state index contributed by atoms with van der Waals surface area (Å²) in [5.74, 6) is 1.53. The Labute approximate surface area is 120 Å². The van der Waals surface area contributed by atoms with Crippen LogP contribution in [-0.4, -0.2) is 25.2 Å². The average molecular weight is 277 g/mol. The van der Waals surface area contributed by atoms with Crippen molar-refractivity contribution in [3.8, 4) is 11.5 Å². The lowest BCUT2D eigenvalue weighted by molar-refractivity contribution is 0.0936. The lowest BCUT2D eigenvalue weighted by Gasteiger charge is -2.17. The van der Waals surface area contributed by atoms with E-state index in [0.29, 0.717) is 17.1 Å². The van der Waals surface area contributed by atoms with Gasteiger partial charge in [-0.15, -0.1) is 0 Å². The fourth-order valence-corrected chi connectivity index (χ4v) is 2.30. The van der Waals surface area contributed by atoms with E-state index in [0.717, 1.165) is 32.2 Å². The summed E-state index contributed by atoms with van der Waals surface area (Å²) in [6.07, 6.45) is 4.05. The van der Waals surface area contributed by atoms with Gasteiger partial charge in [0.15, 0.2) is 17.3 Å². The van der Waals surface area contributed by atoms with E-state index in [1.807, 2.05) is 12.1 Å². The minimum absolute atomic E-state index is 0.102. The van der Waals surface area contributed by atoms with Crippen LogP contribution in [0.5, 0.6) is 11.5 Å². The first-order valence-electron chi connectivity index (χ1n) is 7.43. The predicted molar refractivity (Wildman–Crippen MR) is 78.5 cm³/mol. The standard InChI is InChI=1S/C16H23NO3/c1-3-5-6-13(17-9-4-2)16(18)12-7-8-14-15(10-12)20-11-19-14/h7-8,10,13,17H,3-6,9,11H2,1-2H3. The first kappa shape index (κ1) is 14.9. The minimum Gasteiger partial charge on any atom is -0.454 e. The number of ketones is 1. The molecule has 0 bridgehead atoms. The molecule has 1 aromatic carbocycles. The minimum atomic E-state index is -0.102. The van der Waals surface area contributed by atoms with Crippen LogP contribution in [0.15, 0.2) is 18.2 Å². The number of carbonyl (C=O) groups is 1. The Bertz CT molecular complexity index is 451. The van der Waals surface area contributed by atoms with Gasteiger partial charge < -0.3 is 14.8 Å². The fourth-order valence-electron chi connectivity index (χ4n) is 2.30. The van der Waals surface area contributed by atoms with Crippen LogP contribution in [-0.2, 0) is 0 Å². The Hall–Kier alpha value is -1.55. The molecule has 0 amide bonds. The van der Waals surface area contributed by atoms with Crippen molar-refractivity contribution in [2.45, 2.75) is 45.6 Å². The lowest BCUT2D eigenvalue weighted by Crippen LogP contribution is -2.37. The number of Topliss-reactive ketones (excluding diaryl/α,β-unsaturated/α-hetero) is 1. The zero-order valence-electron chi connectivity index (χ0n) is 12.3. The number of rotatable bonds is 8. The Morgan fingerprint density at radius 2 is 2.05 bits per heavy atom. The second-order valence-electron chi connectivity index (χ2n) is 5.08. The highest BCUT2D eigenvalue weighted by atomic mass is 16.7. The molecule has 0 fully saturated rings. The summed E-state index contributed by atoms with van der Waals surface area (Å²) < 4.78 is 10.6. The van der Waals surface area contributed by atoms with Gasteiger partial charge in [-0.3, -0.25) is 4.79 Å². The van der Waals surface area contributed by atoms with Gasteiger partial charge in [-0.1, -0.05) is 26.7 Å². The largest absolute Gasteiger partial charge is 0.454 e. The molecule has 2 rings (SSSR count). The third kappa shape index (κ3) is 3.51. The molecule has 0 aliphatic carbocycles. The normalized spacial score (nSPS) is 14.3. The van der Waals surface area contributed by atoms with Gasteiger partial charge in [0.2, 0.25) is 6.79 Å². The molecule has 4 nitrogen and oxygen atoms in total. The van der Waals surface area contributed by atoms with E-state index in [9.17, 15) is 4.79 Å². The Morgan fingerprint density at radius 1 is 1.25 bits per heavy atom. The van der Waals surface area contributed by atoms with Crippen LogP contribution in [0.3, 0.4) is 0 Å². The van der Waals surface area contributed by atoms with Crippen molar-refractivity contribution in [3.63, 3.8) is 0 Å². The van der Waals surface area contributed by atoms with Crippen molar-refractivity contribution in [2.75, 3.05) is 13.3 Å². The van der Waals surface area contributed by atoms with E-state index < -0.39 is 0 Å². The molecule has 1 unspecified atom stereocenters. The molecule has 4 heteroatoms. The highest BCUT2D eigenvalue weighted by molar-refractivity contribution is 6.00. The third-order valence-electron chi connectivity index (χ3n) is 3.46. The molecular weight excluding hydrogens is 254 g/mol. The second-order valence-corrected chi connectivity index (χ2v) is 5.08. The fraction of sp³-hybridized carbons (Fsp3) is 0.562. The maximum atomic E-state index is 12.6. The third-order valence-corrected chi connectivity index (χ3v) is 3.46. The number of fused-ring (bicyclic) bond motifs is 1. The van der Waals surface area contributed by atoms with Crippen molar-refractivity contribution in [1.82, 2.24) is 5.32 Å². The summed E-state index contributed by atoms with van der Waals surface area (Å²) in [5, 5.41) is 3.35. The van der Waals surface area contributed by atoms with E-state index in [-0.39, 0.29) is 18.6 Å². The first-order valence-corrected chi connectivity index (χ1v) is 7.43. The van der Waals surface area contributed by atoms with Crippen LogP contribution in [0.25, 0.3) is 0 Å². The number of nitrogens with one attached hydrogen (secondary N) is 1. The van der Waals surface area contributed by atoms with E-state index >= 15 is 0 Å². The number of carbonyl (C=O) groups excluding carboxylic acids is 1. The van der Waals surface area contributed by atoms with Crippen LogP contribution in [0.1, 0.15) is 49.9 Å². The van der Waals surface area contributed by atoms with Gasteiger partial charge in [0.25, 0.3) is 0 Å². The SMILES string of the molecule is CCCCC(NCCC)C(=O)c1ccc2c(c1)OCO2. The van der Waals surface area contributed by atoms with Crippen molar-refractivity contribution in [1.29, 1.82) is 0 Å². The van der Waals surface area contributed by atoms with Crippen molar-refractivity contribution in [3.05, 3.63) is 23.8 Å². The van der Waals surface area contributed by atoms with Crippen molar-refractivity contribution in [2.24, 2.45) is 0 Å². The van der Waals surface area contributed by atoms with E-state index in [2.05, 4.69) is 19.2 Å². The van der Waals surface area contributed by atoms with Gasteiger partial charge in [0.1, 0.15) is 0 Å². The molecule has 1 heterocycles. The Kier molecular flexibility index (Phi) is 5.41. The maximum absolute atomic E-state index is 12.6. The van der Waals surface area contributed by atoms with Crippen molar-refractivity contribution >= 4 is 5.78 Å². The van der Waals surface area contributed by atoms with E-state index in [1.54, 1.807) is 6.07 Å². The summed E-state index contributed by atoms with van der Waals surface area (Å²) in [6, 6.07) is 5.32. The van der Waals surface area contributed by atoms with E-state index in [1.165, 1.54) is 0 Å². The molecule has 1 atom stereocenters. The summed E-state index contributed by atoms with van der Waals surface area (Å²) in [5.41, 5.74) is 0.693. The van der Waals surface area contributed by atoms with Gasteiger partial charge in [-0.05, 0) is 37.6 Å². The summed E-state index contributed by atoms with van der Waals surface area (Å²) in [4.78, 5) is 12.6. The van der Waals surface area contributed by atoms with Gasteiger partial charge in [-0.25, -0.2) is 0 Å². The topological polar surface area (TPSA) is 47.6 Å². The maximum Gasteiger partial charge on any atom is 0.231 e. The monoisotopic (exact) mass is 277 g/mol. The molecule has 1 aliphatic heterocycles. The summed E-state index contributed by atoms with van der Waals surface area (Å²) in [7, 11) is 0. The molecule has 110 valence electrons. The molecule has 0 saturated heterocycles. The Morgan fingerprint density at radius 3 is 2.80 bits per heavy atom. The first-order chi connectivity index (χ1) is 9.76. The number of unbranched alkanes of at least 4 members (excludes halogenated alkanes) is 1. The van der Waals surface area contributed by atoms with Gasteiger partial charge in [0, 0.05) is 5.56 Å². The van der Waals surface area contributed by atoms with Gasteiger partial charge in [0.05, 0.1) is 6.04 Å². The quantitative estimate of drug-likeness (QED) is 0.741. The molecule has 0 aromatic heterocycles. The van der Waals surface area contributed by atoms with E-state index in [4.69, 9.17) is 9.47 Å². The highest BCUT2D eigenvalue weighted by Crippen LogP contribution is 2.32. The molecule has 1 N–H and O–H groups in total. The van der Waals surface area contributed by atoms with Gasteiger partial charge >= 0.3 is 0 Å². The molecule has 1 aliphatic rings. The number of hydrogen-bond donors (Lipinski definition) is 1.